The molecule has 2 saturated heterocycles. The number of imidazole rings is 1. The highest BCUT2D eigenvalue weighted by molar-refractivity contribution is 5.87. The monoisotopic (exact) mass is 459 g/mol. The van der Waals surface area contributed by atoms with E-state index in [-0.39, 0.29) is 41.9 Å². The predicted octanol–water partition coefficient (Wildman–Crippen LogP) is 1.68. The molecule has 0 aliphatic carbocycles. The molecule has 10 nitrogen and oxygen atoms in total. The molecule has 0 amide bonds. The van der Waals surface area contributed by atoms with Crippen LogP contribution >= 0.6 is 0 Å². The van der Waals surface area contributed by atoms with Crippen molar-refractivity contribution in [2.75, 3.05) is 37.4 Å². The Morgan fingerprint density at radius 2 is 2.03 bits per heavy atom. The summed E-state index contributed by atoms with van der Waals surface area (Å²) in [6.45, 7) is 1.09. The first-order valence-corrected chi connectivity index (χ1v) is 10.5. The minimum atomic E-state index is -3.00. The molecule has 0 saturated carbocycles. The number of rotatable bonds is 4. The summed E-state index contributed by atoms with van der Waals surface area (Å²) < 4.78 is 52.4. The molecule has 0 aromatic carbocycles. The number of piperidine rings is 1. The molecule has 2 aliphatic heterocycles. The molecule has 33 heavy (non-hydrogen) atoms. The number of hydrogen-bond acceptors (Lipinski definition) is 8. The van der Waals surface area contributed by atoms with E-state index in [9.17, 15) is 13.2 Å². The van der Waals surface area contributed by atoms with Crippen molar-refractivity contribution >= 4 is 22.9 Å². The van der Waals surface area contributed by atoms with Gasteiger partial charge in [-0.05, 0) is 18.6 Å². The van der Waals surface area contributed by atoms with Crippen molar-refractivity contribution in [3.8, 4) is 11.3 Å². The van der Waals surface area contributed by atoms with Crippen LogP contribution in [0, 0.1) is 5.82 Å². The first kappa shape index (κ1) is 20.2. The largest absolute Gasteiger partial charge is 0.382 e. The number of aromatic nitrogens is 6. The third-order valence-corrected chi connectivity index (χ3v) is 6.19. The van der Waals surface area contributed by atoms with Crippen LogP contribution in [0.25, 0.3) is 22.4 Å². The van der Waals surface area contributed by atoms with E-state index >= 15 is 0 Å². The molecule has 0 radical (unpaired) electrons. The molecule has 0 bridgehead atoms. The van der Waals surface area contributed by atoms with Crippen LogP contribution in [0.3, 0.4) is 0 Å². The van der Waals surface area contributed by atoms with Gasteiger partial charge in [0.1, 0.15) is 5.52 Å². The van der Waals surface area contributed by atoms with Crippen LogP contribution in [0.15, 0.2) is 30.7 Å². The second-order valence-corrected chi connectivity index (χ2v) is 8.32. The zero-order valence-electron chi connectivity index (χ0n) is 17.3. The van der Waals surface area contributed by atoms with Crippen molar-refractivity contribution in [1.82, 2.24) is 34.1 Å². The van der Waals surface area contributed by atoms with E-state index in [1.807, 2.05) is 0 Å². The van der Waals surface area contributed by atoms with E-state index in [0.717, 1.165) is 6.20 Å². The quantitative estimate of drug-likeness (QED) is 0.474. The molecular weight excluding hydrogens is 439 g/mol. The van der Waals surface area contributed by atoms with Crippen molar-refractivity contribution in [2.45, 2.75) is 24.4 Å². The fourth-order valence-electron chi connectivity index (χ4n) is 4.38. The van der Waals surface area contributed by atoms with Crippen molar-refractivity contribution in [3.05, 3.63) is 36.5 Å². The Morgan fingerprint density at radius 1 is 1.18 bits per heavy atom. The minimum absolute atomic E-state index is 0.0384. The summed E-state index contributed by atoms with van der Waals surface area (Å²) in [5.74, 6) is -3.75. The Balaban J connectivity index is 1.30. The fourth-order valence-corrected chi connectivity index (χ4v) is 4.38. The SMILES string of the molecule is Nc1nc(N[C@@H]2CCN(C3COC3)CC2(F)F)nn2cc(F)c(-c3ccc4nccn4n3)c12. The van der Waals surface area contributed by atoms with E-state index in [1.165, 1.54) is 9.03 Å². The number of alkyl halides is 2. The lowest BCUT2D eigenvalue weighted by atomic mass is 9.98. The normalized spacial score (nSPS) is 21.5. The van der Waals surface area contributed by atoms with Gasteiger partial charge in [-0.3, -0.25) is 4.90 Å². The molecule has 172 valence electrons. The topological polar surface area (TPSA) is 111 Å². The summed E-state index contributed by atoms with van der Waals surface area (Å²) in [6, 6.07) is 2.18. The highest BCUT2D eigenvalue weighted by Gasteiger charge is 2.47. The van der Waals surface area contributed by atoms with E-state index in [4.69, 9.17) is 10.5 Å². The first-order chi connectivity index (χ1) is 15.9. The second kappa shape index (κ2) is 7.28. The minimum Gasteiger partial charge on any atom is -0.382 e. The van der Waals surface area contributed by atoms with Crippen LogP contribution in [-0.4, -0.2) is 78.4 Å². The van der Waals surface area contributed by atoms with Gasteiger partial charge in [-0.1, -0.05) is 0 Å². The van der Waals surface area contributed by atoms with Gasteiger partial charge in [0, 0.05) is 18.9 Å². The van der Waals surface area contributed by atoms with Crippen LogP contribution in [0.2, 0.25) is 0 Å². The van der Waals surface area contributed by atoms with E-state index in [0.29, 0.717) is 31.1 Å². The van der Waals surface area contributed by atoms with Gasteiger partial charge in [0.2, 0.25) is 5.95 Å². The van der Waals surface area contributed by atoms with Gasteiger partial charge in [-0.2, -0.15) is 10.1 Å². The van der Waals surface area contributed by atoms with Crippen LogP contribution in [0.1, 0.15) is 6.42 Å². The molecule has 2 fully saturated rings. The van der Waals surface area contributed by atoms with Gasteiger partial charge in [0.05, 0.1) is 49.3 Å². The third-order valence-electron chi connectivity index (χ3n) is 6.19. The molecule has 3 N–H and O–H groups in total. The van der Waals surface area contributed by atoms with Crippen LogP contribution in [0.5, 0.6) is 0 Å². The number of nitrogens with one attached hydrogen (secondary N) is 1. The van der Waals surface area contributed by atoms with Crippen molar-refractivity contribution in [3.63, 3.8) is 0 Å². The van der Waals surface area contributed by atoms with Crippen LogP contribution in [0.4, 0.5) is 24.9 Å². The van der Waals surface area contributed by atoms with Crippen molar-refractivity contribution in [1.29, 1.82) is 0 Å². The maximum absolute atomic E-state index is 14.9. The highest BCUT2D eigenvalue weighted by atomic mass is 19.3. The summed E-state index contributed by atoms with van der Waals surface area (Å²) >= 11 is 0. The van der Waals surface area contributed by atoms with Gasteiger partial charge in [0.25, 0.3) is 5.92 Å². The zero-order valence-corrected chi connectivity index (χ0v) is 17.3. The average Bonchev–Trinajstić information content (AvgIpc) is 3.31. The predicted molar refractivity (Wildman–Crippen MR) is 112 cm³/mol. The number of hydrogen-bond donors (Lipinski definition) is 2. The number of ether oxygens (including phenoxy) is 1. The Morgan fingerprint density at radius 3 is 2.79 bits per heavy atom. The van der Waals surface area contributed by atoms with Gasteiger partial charge in [0.15, 0.2) is 17.3 Å². The lowest BCUT2D eigenvalue weighted by Crippen LogP contribution is -2.61. The number of likely N-dealkylation sites (tertiary alicyclic amines) is 1. The Labute approximate surface area is 185 Å². The Hall–Kier alpha value is -3.45. The number of nitrogens with zero attached hydrogens (tertiary/aromatic N) is 7. The third kappa shape index (κ3) is 3.35. The number of nitrogen functional groups attached to an aromatic ring is 1. The zero-order chi connectivity index (χ0) is 22.7. The Bertz CT molecular complexity index is 1350. The second-order valence-electron chi connectivity index (χ2n) is 8.32. The van der Waals surface area contributed by atoms with Gasteiger partial charge < -0.3 is 15.8 Å². The molecule has 4 aromatic rings. The summed E-state index contributed by atoms with van der Waals surface area (Å²) in [5.41, 5.74) is 7.37. The molecule has 1 atom stereocenters. The van der Waals surface area contributed by atoms with E-state index < -0.39 is 17.8 Å². The Kier molecular flexibility index (Phi) is 4.45. The molecule has 6 heterocycles. The maximum atomic E-state index is 14.9. The lowest BCUT2D eigenvalue weighted by Gasteiger charge is -2.44. The standard InChI is InChI=1S/C20H20F3N9O/c21-12-7-32-17(16(12)13-1-2-15-25-4-6-31(15)28-13)18(24)27-19(29-32)26-14-3-5-30(10-20(14,22)23)11-8-33-9-11/h1-2,4,6-7,11,14H,3,5,8-10H2,(H3,24,26,27,29)/t14-/m1/s1. The van der Waals surface area contributed by atoms with Crippen molar-refractivity contribution < 1.29 is 17.9 Å². The number of fused-ring (bicyclic) bond motifs is 2. The molecular formula is C20H20F3N9O. The highest BCUT2D eigenvalue weighted by Crippen LogP contribution is 2.33. The lowest BCUT2D eigenvalue weighted by molar-refractivity contribution is -0.131. The molecule has 0 spiro atoms. The first-order valence-electron chi connectivity index (χ1n) is 10.5. The van der Waals surface area contributed by atoms with E-state index in [2.05, 4.69) is 25.5 Å². The number of halogens is 3. The number of anilines is 2. The molecule has 2 aliphatic rings. The summed E-state index contributed by atoms with van der Waals surface area (Å²) in [6.07, 6.45) is 4.55. The van der Waals surface area contributed by atoms with Crippen LogP contribution < -0.4 is 11.1 Å². The molecule has 6 rings (SSSR count). The molecule has 0 unspecified atom stereocenters. The van der Waals surface area contributed by atoms with E-state index in [1.54, 1.807) is 29.4 Å². The van der Waals surface area contributed by atoms with Gasteiger partial charge in [-0.25, -0.2) is 27.2 Å². The summed E-state index contributed by atoms with van der Waals surface area (Å²) in [4.78, 5) is 10.0. The van der Waals surface area contributed by atoms with Crippen molar-refractivity contribution in [2.24, 2.45) is 0 Å². The van der Waals surface area contributed by atoms with Gasteiger partial charge >= 0.3 is 0 Å². The molecule has 13 heteroatoms. The number of nitrogens with two attached hydrogens (primary N) is 1. The summed E-state index contributed by atoms with van der Waals surface area (Å²) in [5, 5.41) is 11.3. The van der Waals surface area contributed by atoms with Crippen LogP contribution in [-0.2, 0) is 4.74 Å². The summed E-state index contributed by atoms with van der Waals surface area (Å²) in [7, 11) is 0. The average molecular weight is 459 g/mol. The fraction of sp³-hybridized carbons (Fsp3) is 0.400. The maximum Gasteiger partial charge on any atom is 0.280 e. The smallest absolute Gasteiger partial charge is 0.280 e. The molecule has 4 aromatic heterocycles. The van der Waals surface area contributed by atoms with Gasteiger partial charge in [-0.15, -0.1) is 5.10 Å².